The van der Waals surface area contributed by atoms with Crippen LogP contribution in [0.2, 0.25) is 5.02 Å². The predicted molar refractivity (Wildman–Crippen MR) is 144 cm³/mol. The molecule has 10 heteroatoms. The SMILES string of the molecule is S=C(NCc1ccc(-c2ccc(Cl)cc2)o1)Nc1nc(Oc2ccccc2)cc(N2CCOCC2)n1. The summed E-state index contributed by atoms with van der Waals surface area (Å²) in [5.74, 6) is 3.67. The lowest BCUT2D eigenvalue weighted by molar-refractivity contribution is 0.122. The Balaban J connectivity index is 1.26. The molecule has 0 saturated carbocycles. The number of halogens is 1. The van der Waals surface area contributed by atoms with E-state index in [1.807, 2.05) is 72.8 Å². The minimum Gasteiger partial charge on any atom is -0.459 e. The summed E-state index contributed by atoms with van der Waals surface area (Å²) in [6, 6.07) is 22.6. The Morgan fingerprint density at radius 3 is 2.56 bits per heavy atom. The molecule has 0 radical (unpaired) electrons. The Hall–Kier alpha value is -3.66. The van der Waals surface area contributed by atoms with Gasteiger partial charge in [0, 0.05) is 29.7 Å². The quantitative estimate of drug-likeness (QED) is 0.306. The van der Waals surface area contributed by atoms with E-state index in [2.05, 4.69) is 25.5 Å². The van der Waals surface area contributed by atoms with E-state index in [1.165, 1.54) is 0 Å². The van der Waals surface area contributed by atoms with Crippen LogP contribution in [-0.4, -0.2) is 41.4 Å². The van der Waals surface area contributed by atoms with Gasteiger partial charge in [-0.2, -0.15) is 9.97 Å². The second kappa shape index (κ2) is 11.4. The fourth-order valence-corrected chi connectivity index (χ4v) is 3.93. The van der Waals surface area contributed by atoms with Gasteiger partial charge in [0.05, 0.1) is 19.8 Å². The van der Waals surface area contributed by atoms with Crippen LogP contribution < -0.4 is 20.3 Å². The number of anilines is 2. The van der Waals surface area contributed by atoms with Gasteiger partial charge < -0.3 is 29.4 Å². The van der Waals surface area contributed by atoms with E-state index in [9.17, 15) is 0 Å². The molecule has 0 aliphatic carbocycles. The highest BCUT2D eigenvalue weighted by Crippen LogP contribution is 2.26. The Labute approximate surface area is 219 Å². The minimum atomic E-state index is 0.337. The van der Waals surface area contributed by atoms with Crippen molar-refractivity contribution in [3.05, 3.63) is 83.6 Å². The van der Waals surface area contributed by atoms with Crippen LogP contribution in [0, 0.1) is 0 Å². The van der Waals surface area contributed by atoms with E-state index in [1.54, 1.807) is 0 Å². The molecule has 2 N–H and O–H groups in total. The van der Waals surface area contributed by atoms with E-state index >= 15 is 0 Å². The molecule has 1 saturated heterocycles. The highest BCUT2D eigenvalue weighted by atomic mass is 35.5. The molecule has 184 valence electrons. The van der Waals surface area contributed by atoms with Crippen LogP contribution in [0.15, 0.2) is 77.2 Å². The van der Waals surface area contributed by atoms with E-state index in [4.69, 9.17) is 37.7 Å². The normalized spacial score (nSPS) is 13.3. The number of furan rings is 1. The van der Waals surface area contributed by atoms with Crippen molar-refractivity contribution in [3.63, 3.8) is 0 Å². The van der Waals surface area contributed by atoms with Gasteiger partial charge in [-0.05, 0) is 60.7 Å². The summed E-state index contributed by atoms with van der Waals surface area (Å²) in [6.07, 6.45) is 0. The number of ether oxygens (including phenoxy) is 2. The van der Waals surface area contributed by atoms with E-state index in [0.29, 0.717) is 47.5 Å². The molecule has 1 fully saturated rings. The molecule has 1 aliphatic rings. The first-order valence-corrected chi connectivity index (χ1v) is 12.3. The zero-order valence-electron chi connectivity index (χ0n) is 19.3. The molecule has 36 heavy (non-hydrogen) atoms. The minimum absolute atomic E-state index is 0.337. The van der Waals surface area contributed by atoms with Gasteiger partial charge in [-0.25, -0.2) is 0 Å². The van der Waals surface area contributed by atoms with Crippen molar-refractivity contribution in [1.82, 2.24) is 15.3 Å². The lowest BCUT2D eigenvalue weighted by Gasteiger charge is -2.28. The summed E-state index contributed by atoms with van der Waals surface area (Å²) in [5.41, 5.74) is 0.950. The first-order chi connectivity index (χ1) is 17.6. The maximum Gasteiger partial charge on any atom is 0.234 e. The predicted octanol–water partition coefficient (Wildman–Crippen LogP) is 5.51. The number of thiocarbonyl (C=S) groups is 1. The van der Waals surface area contributed by atoms with Gasteiger partial charge in [0.25, 0.3) is 0 Å². The number of benzene rings is 2. The smallest absolute Gasteiger partial charge is 0.234 e. The third-order valence-corrected chi connectivity index (χ3v) is 5.93. The Kier molecular flexibility index (Phi) is 7.61. The third-order valence-electron chi connectivity index (χ3n) is 5.43. The first kappa shape index (κ1) is 24.1. The highest BCUT2D eigenvalue weighted by Gasteiger charge is 2.17. The van der Waals surface area contributed by atoms with E-state index in [-0.39, 0.29) is 0 Å². The van der Waals surface area contributed by atoms with Gasteiger partial charge in [-0.15, -0.1) is 0 Å². The molecule has 3 heterocycles. The third kappa shape index (κ3) is 6.31. The molecular weight excluding hydrogens is 498 g/mol. The zero-order valence-corrected chi connectivity index (χ0v) is 20.9. The van der Waals surface area contributed by atoms with Gasteiger partial charge >= 0.3 is 0 Å². The summed E-state index contributed by atoms with van der Waals surface area (Å²) in [5, 5.41) is 7.25. The maximum atomic E-state index is 5.98. The number of hydrogen-bond acceptors (Lipinski definition) is 7. The number of aromatic nitrogens is 2. The number of rotatable bonds is 7. The van der Waals surface area contributed by atoms with Crippen LogP contribution in [-0.2, 0) is 11.3 Å². The molecule has 0 spiro atoms. The summed E-state index contributed by atoms with van der Waals surface area (Å²) < 4.78 is 17.4. The zero-order chi connectivity index (χ0) is 24.7. The molecule has 1 aliphatic heterocycles. The lowest BCUT2D eigenvalue weighted by Crippen LogP contribution is -2.37. The average molecular weight is 522 g/mol. The second-order valence-electron chi connectivity index (χ2n) is 7.98. The number of para-hydroxylation sites is 1. The van der Waals surface area contributed by atoms with Crippen LogP contribution >= 0.6 is 23.8 Å². The van der Waals surface area contributed by atoms with Crippen LogP contribution in [0.3, 0.4) is 0 Å². The van der Waals surface area contributed by atoms with Gasteiger partial charge in [0.15, 0.2) is 5.11 Å². The molecule has 5 rings (SSSR count). The largest absolute Gasteiger partial charge is 0.459 e. The fourth-order valence-electron chi connectivity index (χ4n) is 3.64. The van der Waals surface area contributed by atoms with Crippen LogP contribution in [0.25, 0.3) is 11.3 Å². The number of hydrogen-bond donors (Lipinski definition) is 2. The van der Waals surface area contributed by atoms with Crippen molar-refractivity contribution in [1.29, 1.82) is 0 Å². The van der Waals surface area contributed by atoms with Crippen LogP contribution in [0.1, 0.15) is 5.76 Å². The van der Waals surface area contributed by atoms with Gasteiger partial charge in [0.1, 0.15) is 23.1 Å². The summed E-state index contributed by atoms with van der Waals surface area (Å²) in [7, 11) is 0. The average Bonchev–Trinajstić information content (AvgIpc) is 3.38. The number of morpholine rings is 1. The summed E-state index contributed by atoms with van der Waals surface area (Å²) in [6.45, 7) is 3.15. The van der Waals surface area contributed by atoms with Crippen molar-refractivity contribution in [2.75, 3.05) is 36.5 Å². The number of nitrogens with one attached hydrogen (secondary N) is 2. The van der Waals surface area contributed by atoms with Crippen molar-refractivity contribution in [2.45, 2.75) is 6.54 Å². The Morgan fingerprint density at radius 1 is 1.00 bits per heavy atom. The molecule has 0 unspecified atom stereocenters. The Morgan fingerprint density at radius 2 is 1.78 bits per heavy atom. The van der Waals surface area contributed by atoms with E-state index in [0.717, 1.165) is 36.0 Å². The van der Waals surface area contributed by atoms with Crippen LogP contribution in [0.4, 0.5) is 11.8 Å². The van der Waals surface area contributed by atoms with Gasteiger partial charge in [0.2, 0.25) is 11.8 Å². The summed E-state index contributed by atoms with van der Waals surface area (Å²) in [4.78, 5) is 11.3. The van der Waals surface area contributed by atoms with Gasteiger partial charge in [-0.3, -0.25) is 0 Å². The second-order valence-corrected chi connectivity index (χ2v) is 8.83. The molecule has 8 nitrogen and oxygen atoms in total. The molecule has 0 atom stereocenters. The topological polar surface area (TPSA) is 84.7 Å². The molecule has 0 bridgehead atoms. The molecule has 2 aromatic heterocycles. The Bertz CT molecular complexity index is 1310. The monoisotopic (exact) mass is 521 g/mol. The van der Waals surface area contributed by atoms with Crippen molar-refractivity contribution in [3.8, 4) is 23.0 Å². The maximum absolute atomic E-state index is 5.98. The van der Waals surface area contributed by atoms with Crippen molar-refractivity contribution >= 4 is 40.7 Å². The van der Waals surface area contributed by atoms with Crippen molar-refractivity contribution < 1.29 is 13.9 Å². The first-order valence-electron chi connectivity index (χ1n) is 11.5. The highest BCUT2D eigenvalue weighted by molar-refractivity contribution is 7.80. The summed E-state index contributed by atoms with van der Waals surface area (Å²) >= 11 is 11.5. The molecule has 2 aromatic carbocycles. The van der Waals surface area contributed by atoms with Crippen LogP contribution in [0.5, 0.6) is 11.6 Å². The molecular formula is C26H24ClN5O3S. The fraction of sp³-hybridized carbons (Fsp3) is 0.192. The molecule has 4 aromatic rings. The molecule has 0 amide bonds. The van der Waals surface area contributed by atoms with Crippen molar-refractivity contribution in [2.24, 2.45) is 0 Å². The standard InChI is InChI=1S/C26H24ClN5O3S/c27-19-8-6-18(7-9-19)22-11-10-21(34-22)17-28-26(36)31-25-29-23(32-12-14-33-15-13-32)16-24(30-25)35-20-4-2-1-3-5-20/h1-11,16H,12-15,17H2,(H2,28,29,30,31,36). The number of nitrogens with zero attached hydrogens (tertiary/aromatic N) is 3. The van der Waals surface area contributed by atoms with E-state index < -0.39 is 0 Å². The van der Waals surface area contributed by atoms with Gasteiger partial charge in [-0.1, -0.05) is 29.8 Å². The lowest BCUT2D eigenvalue weighted by atomic mass is 10.2.